The molecule has 0 atom stereocenters. The van der Waals surface area contributed by atoms with E-state index in [1.807, 2.05) is 31.2 Å². The summed E-state index contributed by atoms with van der Waals surface area (Å²) in [5.74, 6) is 3.96. The number of aromatic nitrogens is 3. The predicted octanol–water partition coefficient (Wildman–Crippen LogP) is 2.34. The standard InChI is InChI=1S/C19H24N6O3/c1-4-20-19(21-11-13-7-8-14(26-2)10-16(13)27-3)22-12-17-23-18(25-24-17)15-6-5-9-28-15/h5-10H,4,11-12H2,1-3H3,(H2,20,21,22)(H,23,24,25). The van der Waals surface area contributed by atoms with Gasteiger partial charge in [0.05, 0.1) is 33.6 Å². The highest BCUT2D eigenvalue weighted by Gasteiger charge is 2.09. The second-order valence-electron chi connectivity index (χ2n) is 5.81. The Balaban J connectivity index is 1.65. The number of benzene rings is 1. The second-order valence-corrected chi connectivity index (χ2v) is 5.81. The number of rotatable bonds is 8. The van der Waals surface area contributed by atoms with Gasteiger partial charge in [0.25, 0.3) is 0 Å². The summed E-state index contributed by atoms with van der Waals surface area (Å²) in [5, 5.41) is 13.5. The van der Waals surface area contributed by atoms with Gasteiger partial charge in [0, 0.05) is 18.2 Å². The number of aliphatic imine (C=N–C) groups is 1. The number of guanidine groups is 1. The lowest BCUT2D eigenvalue weighted by Crippen LogP contribution is -2.37. The summed E-state index contributed by atoms with van der Waals surface area (Å²) in [6.45, 7) is 3.64. The largest absolute Gasteiger partial charge is 0.497 e. The third-order valence-electron chi connectivity index (χ3n) is 3.94. The molecule has 0 aliphatic rings. The minimum Gasteiger partial charge on any atom is -0.497 e. The van der Waals surface area contributed by atoms with Crippen LogP contribution in [0.4, 0.5) is 0 Å². The number of hydrogen-bond acceptors (Lipinski definition) is 6. The maximum atomic E-state index is 5.43. The Morgan fingerprint density at radius 3 is 2.82 bits per heavy atom. The highest BCUT2D eigenvalue weighted by Crippen LogP contribution is 2.25. The molecule has 0 fully saturated rings. The van der Waals surface area contributed by atoms with Crippen molar-refractivity contribution in [2.75, 3.05) is 20.8 Å². The fourth-order valence-electron chi connectivity index (χ4n) is 2.55. The first kappa shape index (κ1) is 19.3. The molecule has 0 saturated heterocycles. The van der Waals surface area contributed by atoms with Crippen LogP contribution in [0.5, 0.6) is 11.5 Å². The molecular formula is C19H24N6O3. The lowest BCUT2D eigenvalue weighted by atomic mass is 10.2. The molecule has 1 aromatic carbocycles. The first-order valence-corrected chi connectivity index (χ1v) is 8.91. The maximum Gasteiger partial charge on any atom is 0.216 e. The Bertz CT molecular complexity index is 904. The van der Waals surface area contributed by atoms with Crippen molar-refractivity contribution in [3.05, 3.63) is 48.0 Å². The molecule has 0 aliphatic carbocycles. The van der Waals surface area contributed by atoms with Crippen molar-refractivity contribution >= 4 is 5.96 Å². The van der Waals surface area contributed by atoms with Gasteiger partial charge in [-0.25, -0.2) is 9.98 Å². The van der Waals surface area contributed by atoms with E-state index >= 15 is 0 Å². The summed E-state index contributed by atoms with van der Waals surface area (Å²) in [6, 6.07) is 9.28. The number of ether oxygens (including phenoxy) is 2. The van der Waals surface area contributed by atoms with Crippen LogP contribution in [0, 0.1) is 0 Å². The zero-order chi connectivity index (χ0) is 19.8. The lowest BCUT2D eigenvalue weighted by Gasteiger charge is -2.12. The van der Waals surface area contributed by atoms with Crippen molar-refractivity contribution in [2.45, 2.75) is 20.0 Å². The predicted molar refractivity (Wildman–Crippen MR) is 105 cm³/mol. The summed E-state index contributed by atoms with van der Waals surface area (Å²) in [5.41, 5.74) is 0.959. The average molecular weight is 384 g/mol. The Kier molecular flexibility index (Phi) is 6.50. The first-order chi connectivity index (χ1) is 13.7. The van der Waals surface area contributed by atoms with Gasteiger partial charge in [-0.1, -0.05) is 0 Å². The molecule has 148 valence electrons. The van der Waals surface area contributed by atoms with Crippen LogP contribution in [0.1, 0.15) is 18.3 Å². The number of nitrogens with one attached hydrogen (secondary N) is 3. The lowest BCUT2D eigenvalue weighted by molar-refractivity contribution is 0.391. The van der Waals surface area contributed by atoms with Gasteiger partial charge in [0.2, 0.25) is 5.82 Å². The zero-order valence-electron chi connectivity index (χ0n) is 16.2. The molecule has 2 aromatic heterocycles. The molecule has 0 radical (unpaired) electrons. The van der Waals surface area contributed by atoms with Crippen molar-refractivity contribution in [2.24, 2.45) is 4.99 Å². The third kappa shape index (κ3) is 4.81. The molecule has 0 spiro atoms. The van der Waals surface area contributed by atoms with E-state index in [9.17, 15) is 0 Å². The summed E-state index contributed by atoms with van der Waals surface area (Å²) < 4.78 is 16.0. The van der Waals surface area contributed by atoms with Crippen molar-refractivity contribution in [1.82, 2.24) is 25.8 Å². The second kappa shape index (κ2) is 9.45. The van der Waals surface area contributed by atoms with Crippen LogP contribution >= 0.6 is 0 Å². The van der Waals surface area contributed by atoms with Crippen LogP contribution in [0.15, 0.2) is 46.0 Å². The minimum atomic E-state index is 0.444. The molecular weight excluding hydrogens is 360 g/mol. The molecule has 9 heteroatoms. The molecule has 28 heavy (non-hydrogen) atoms. The van der Waals surface area contributed by atoms with Crippen LogP contribution in [0.3, 0.4) is 0 Å². The van der Waals surface area contributed by atoms with E-state index in [2.05, 4.69) is 30.8 Å². The number of furan rings is 1. The fraction of sp³-hybridized carbons (Fsp3) is 0.316. The Hall–Kier alpha value is -3.49. The molecule has 0 amide bonds. The molecule has 3 aromatic rings. The van der Waals surface area contributed by atoms with Crippen LogP contribution in [-0.2, 0) is 13.1 Å². The third-order valence-corrected chi connectivity index (χ3v) is 3.94. The number of aromatic amines is 1. The smallest absolute Gasteiger partial charge is 0.216 e. The van der Waals surface area contributed by atoms with Crippen LogP contribution in [0.2, 0.25) is 0 Å². The first-order valence-electron chi connectivity index (χ1n) is 8.91. The van der Waals surface area contributed by atoms with Crippen molar-refractivity contribution < 1.29 is 13.9 Å². The number of methoxy groups -OCH3 is 2. The molecule has 2 heterocycles. The monoisotopic (exact) mass is 384 g/mol. The molecule has 0 unspecified atom stereocenters. The van der Waals surface area contributed by atoms with Gasteiger partial charge in [-0.05, 0) is 31.2 Å². The summed E-state index contributed by atoms with van der Waals surface area (Å²) in [7, 11) is 3.26. The van der Waals surface area contributed by atoms with E-state index in [1.54, 1.807) is 26.5 Å². The highest BCUT2D eigenvalue weighted by molar-refractivity contribution is 5.79. The van der Waals surface area contributed by atoms with Gasteiger partial charge in [0.15, 0.2) is 11.7 Å². The SMILES string of the molecule is CCNC(=NCc1ccc(OC)cc1OC)NCc1nc(-c2ccco2)n[nH]1. The molecule has 0 saturated carbocycles. The van der Waals surface area contributed by atoms with Crippen LogP contribution < -0.4 is 20.1 Å². The topological polar surface area (TPSA) is 110 Å². The summed E-state index contributed by atoms with van der Waals surface area (Å²) in [6.07, 6.45) is 1.59. The van der Waals surface area contributed by atoms with Gasteiger partial charge in [-0.3, -0.25) is 5.10 Å². The van der Waals surface area contributed by atoms with E-state index in [-0.39, 0.29) is 0 Å². The van der Waals surface area contributed by atoms with Crippen LogP contribution in [-0.4, -0.2) is 41.9 Å². The van der Waals surface area contributed by atoms with Crippen molar-refractivity contribution in [3.63, 3.8) is 0 Å². The van der Waals surface area contributed by atoms with Crippen LogP contribution in [0.25, 0.3) is 11.6 Å². The van der Waals surface area contributed by atoms with E-state index in [0.29, 0.717) is 36.5 Å². The summed E-state index contributed by atoms with van der Waals surface area (Å²) in [4.78, 5) is 9.02. The number of hydrogen-bond donors (Lipinski definition) is 3. The van der Waals surface area contributed by atoms with Gasteiger partial charge in [-0.2, -0.15) is 0 Å². The van der Waals surface area contributed by atoms with E-state index in [0.717, 1.165) is 23.6 Å². The number of nitrogens with zero attached hydrogens (tertiary/aromatic N) is 3. The Labute approximate surface area is 163 Å². The summed E-state index contributed by atoms with van der Waals surface area (Å²) >= 11 is 0. The Morgan fingerprint density at radius 1 is 1.21 bits per heavy atom. The van der Waals surface area contributed by atoms with E-state index in [1.165, 1.54) is 0 Å². The van der Waals surface area contributed by atoms with Gasteiger partial charge >= 0.3 is 0 Å². The van der Waals surface area contributed by atoms with Gasteiger partial charge < -0.3 is 24.5 Å². The van der Waals surface area contributed by atoms with E-state index < -0.39 is 0 Å². The van der Waals surface area contributed by atoms with Gasteiger partial charge in [0.1, 0.15) is 17.3 Å². The molecule has 9 nitrogen and oxygen atoms in total. The average Bonchev–Trinajstić information content (AvgIpc) is 3.41. The zero-order valence-corrected chi connectivity index (χ0v) is 16.2. The molecule has 0 bridgehead atoms. The normalized spacial score (nSPS) is 11.3. The molecule has 0 aliphatic heterocycles. The quantitative estimate of drug-likeness (QED) is 0.404. The van der Waals surface area contributed by atoms with Gasteiger partial charge in [-0.15, -0.1) is 5.10 Å². The highest BCUT2D eigenvalue weighted by atomic mass is 16.5. The van der Waals surface area contributed by atoms with E-state index in [4.69, 9.17) is 13.9 Å². The molecule has 3 rings (SSSR count). The number of H-pyrrole nitrogens is 1. The van der Waals surface area contributed by atoms with Crippen molar-refractivity contribution in [1.29, 1.82) is 0 Å². The minimum absolute atomic E-state index is 0.444. The fourth-order valence-corrected chi connectivity index (χ4v) is 2.55. The maximum absolute atomic E-state index is 5.43. The molecule has 3 N–H and O–H groups in total. The van der Waals surface area contributed by atoms with Crippen molar-refractivity contribution in [3.8, 4) is 23.1 Å². The Morgan fingerprint density at radius 2 is 2.11 bits per heavy atom.